The molecule has 0 saturated carbocycles. The zero-order valence-corrected chi connectivity index (χ0v) is 16.5. The number of halogens is 6. The molecule has 2 aromatic rings. The molecule has 2 heterocycles. The van der Waals surface area contributed by atoms with Gasteiger partial charge >= 0.3 is 18.4 Å². The highest BCUT2D eigenvalue weighted by Gasteiger charge is 2.40. The van der Waals surface area contributed by atoms with E-state index < -0.39 is 41.7 Å². The molecule has 174 valence electrons. The summed E-state index contributed by atoms with van der Waals surface area (Å²) in [6.07, 6.45) is 0.168. The topological polar surface area (TPSA) is 87.6 Å². The maximum absolute atomic E-state index is 13.1. The number of alkyl halides is 6. The second-order valence-electron chi connectivity index (χ2n) is 5.72. The number of aromatic nitrogens is 2. The van der Waals surface area contributed by atoms with Crippen LogP contribution in [0.3, 0.4) is 0 Å². The number of hydrogen-bond acceptors (Lipinski definition) is 5. The van der Waals surface area contributed by atoms with Gasteiger partial charge in [-0.15, -0.1) is 12.8 Å². The van der Waals surface area contributed by atoms with Gasteiger partial charge in [0.1, 0.15) is 6.61 Å². The predicted molar refractivity (Wildman–Crippen MR) is 102 cm³/mol. The van der Waals surface area contributed by atoms with Crippen LogP contribution in [-0.2, 0) is 19.0 Å². The van der Waals surface area contributed by atoms with Crippen LogP contribution in [0.25, 0.3) is 0 Å². The van der Waals surface area contributed by atoms with E-state index in [2.05, 4.69) is 28.1 Å². The lowest BCUT2D eigenvalue weighted by Crippen LogP contribution is -2.29. The Morgan fingerprint density at radius 2 is 1.56 bits per heavy atom. The van der Waals surface area contributed by atoms with E-state index in [1.54, 1.807) is 0 Å². The molecule has 0 spiro atoms. The van der Waals surface area contributed by atoms with E-state index >= 15 is 0 Å². The number of ether oxygens (including phenoxy) is 1. The van der Waals surface area contributed by atoms with Gasteiger partial charge < -0.3 is 15.2 Å². The number of rotatable bonds is 4. The lowest BCUT2D eigenvalue weighted by atomic mass is 10.0. The van der Waals surface area contributed by atoms with Crippen LogP contribution in [0.15, 0.2) is 30.6 Å². The first-order valence-corrected chi connectivity index (χ1v) is 8.62. The summed E-state index contributed by atoms with van der Waals surface area (Å²) in [4.78, 5) is 20.5. The summed E-state index contributed by atoms with van der Waals surface area (Å²) in [5.74, 6) is -0.109. The van der Waals surface area contributed by atoms with Gasteiger partial charge in [0.15, 0.2) is 5.75 Å². The van der Waals surface area contributed by atoms with Crippen LogP contribution >= 0.6 is 0 Å². The van der Waals surface area contributed by atoms with Crippen molar-refractivity contribution in [2.45, 2.75) is 19.0 Å². The summed E-state index contributed by atoms with van der Waals surface area (Å²) >= 11 is 0. The number of amides is 2. The molecule has 1 aromatic carbocycles. The van der Waals surface area contributed by atoms with Crippen LogP contribution in [-0.4, -0.2) is 41.3 Å². The first-order valence-electron chi connectivity index (χ1n) is 8.62. The number of aliphatic hydroxyl groups excluding tert-OH is 1. The molecule has 1 aliphatic rings. The standard InChI is InChI=1S/C16H12F6N4O2.C2H2.CH4O/c17-15(18,19)11-2-1-3-12(16(20,21)22)10(11)8-28-9-6-24-13(25-7-9)26-5-4-23-14(26)27;2*1-2/h1-3,6-7H,4-5,8H2,(H,23,27);1-2H;2H,1H3. The van der Waals surface area contributed by atoms with Crippen molar-refractivity contribution in [2.75, 3.05) is 25.1 Å². The SMILES string of the molecule is C#C.CO.O=C1NCCN1c1ncc(OCc2c(C(F)(F)F)cccc2C(F)(F)F)cn1. The Kier molecular flexibility index (Phi) is 9.27. The molecule has 0 atom stereocenters. The summed E-state index contributed by atoms with van der Waals surface area (Å²) in [5.41, 5.74) is -3.91. The number of carbonyl (C=O) groups excluding carboxylic acids is 1. The molecule has 1 saturated heterocycles. The van der Waals surface area contributed by atoms with Crippen molar-refractivity contribution in [3.63, 3.8) is 0 Å². The Bertz CT molecular complexity index is 882. The monoisotopic (exact) mass is 464 g/mol. The number of hydrogen-bond donors (Lipinski definition) is 2. The number of anilines is 1. The van der Waals surface area contributed by atoms with Crippen molar-refractivity contribution in [3.05, 3.63) is 47.3 Å². The number of benzene rings is 1. The van der Waals surface area contributed by atoms with E-state index in [-0.39, 0.29) is 11.7 Å². The van der Waals surface area contributed by atoms with Crippen molar-refractivity contribution < 1.29 is 41.0 Å². The van der Waals surface area contributed by atoms with E-state index in [1.807, 2.05) is 0 Å². The second-order valence-corrected chi connectivity index (χ2v) is 5.72. The zero-order valence-electron chi connectivity index (χ0n) is 16.5. The van der Waals surface area contributed by atoms with Gasteiger partial charge in [-0.2, -0.15) is 26.3 Å². The van der Waals surface area contributed by atoms with Crippen molar-refractivity contribution in [1.82, 2.24) is 15.3 Å². The molecule has 1 fully saturated rings. The number of aliphatic hydroxyl groups is 1. The minimum atomic E-state index is -4.98. The second kappa shape index (κ2) is 11.2. The molecule has 2 amide bonds. The fraction of sp³-hybridized carbons (Fsp3) is 0.316. The molecule has 0 aliphatic carbocycles. The van der Waals surface area contributed by atoms with E-state index in [4.69, 9.17) is 9.84 Å². The summed E-state index contributed by atoms with van der Waals surface area (Å²) < 4.78 is 83.7. The van der Waals surface area contributed by atoms with E-state index in [1.165, 1.54) is 4.90 Å². The zero-order chi connectivity index (χ0) is 24.5. The third-order valence-electron chi connectivity index (χ3n) is 3.88. The normalized spacial score (nSPS) is 13.3. The molecule has 3 rings (SSSR count). The Morgan fingerprint density at radius 3 is 1.97 bits per heavy atom. The van der Waals surface area contributed by atoms with E-state index in [9.17, 15) is 31.1 Å². The third kappa shape index (κ3) is 6.48. The van der Waals surface area contributed by atoms with Gasteiger partial charge in [-0.3, -0.25) is 4.90 Å². The van der Waals surface area contributed by atoms with Crippen LogP contribution in [0, 0.1) is 12.8 Å². The molecule has 1 aromatic heterocycles. The third-order valence-corrected chi connectivity index (χ3v) is 3.88. The molecule has 32 heavy (non-hydrogen) atoms. The van der Waals surface area contributed by atoms with Gasteiger partial charge in [-0.1, -0.05) is 6.07 Å². The highest BCUT2D eigenvalue weighted by atomic mass is 19.4. The molecule has 0 unspecified atom stereocenters. The van der Waals surface area contributed by atoms with Crippen molar-refractivity contribution in [1.29, 1.82) is 0 Å². The number of urea groups is 1. The summed E-state index contributed by atoms with van der Waals surface area (Å²) in [7, 11) is 1.00. The first-order chi connectivity index (χ1) is 15.1. The highest BCUT2D eigenvalue weighted by Crippen LogP contribution is 2.39. The largest absolute Gasteiger partial charge is 0.486 e. The van der Waals surface area contributed by atoms with Crippen LogP contribution in [0.5, 0.6) is 5.75 Å². The smallest absolute Gasteiger partial charge is 0.416 e. The summed E-state index contributed by atoms with van der Waals surface area (Å²) in [5, 5.41) is 9.53. The van der Waals surface area contributed by atoms with Crippen molar-refractivity contribution in [2.24, 2.45) is 0 Å². The Balaban J connectivity index is 0.00000121. The number of carbonyl (C=O) groups is 1. The van der Waals surface area contributed by atoms with Gasteiger partial charge in [0.05, 0.1) is 23.5 Å². The predicted octanol–water partition coefficient (Wildman–Crippen LogP) is 3.48. The van der Waals surface area contributed by atoms with Gasteiger partial charge in [0.2, 0.25) is 5.95 Å². The minimum Gasteiger partial charge on any atom is -0.486 e. The number of nitrogens with zero attached hydrogens (tertiary/aromatic N) is 3. The first kappa shape index (κ1) is 26.5. The maximum Gasteiger partial charge on any atom is 0.416 e. The van der Waals surface area contributed by atoms with Crippen LogP contribution in [0.1, 0.15) is 16.7 Å². The lowest BCUT2D eigenvalue weighted by Gasteiger charge is -2.19. The van der Waals surface area contributed by atoms with E-state index in [0.717, 1.165) is 19.5 Å². The fourth-order valence-electron chi connectivity index (χ4n) is 2.61. The summed E-state index contributed by atoms with van der Waals surface area (Å²) in [6, 6.07) is 1.38. The number of terminal acetylenes is 1. The van der Waals surface area contributed by atoms with Crippen LogP contribution in [0.4, 0.5) is 37.1 Å². The number of nitrogens with one attached hydrogen (secondary N) is 1. The van der Waals surface area contributed by atoms with Gasteiger partial charge in [-0.05, 0) is 12.1 Å². The Hall–Kier alpha value is -3.53. The lowest BCUT2D eigenvalue weighted by molar-refractivity contribution is -0.145. The molecule has 7 nitrogen and oxygen atoms in total. The average molecular weight is 464 g/mol. The summed E-state index contributed by atoms with van der Waals surface area (Å²) in [6.45, 7) is -0.265. The highest BCUT2D eigenvalue weighted by molar-refractivity contribution is 5.92. The molecule has 0 bridgehead atoms. The van der Waals surface area contributed by atoms with Crippen molar-refractivity contribution in [3.8, 4) is 18.6 Å². The van der Waals surface area contributed by atoms with Gasteiger partial charge in [0, 0.05) is 25.8 Å². The van der Waals surface area contributed by atoms with Crippen LogP contribution in [0.2, 0.25) is 0 Å². The molecular formula is C19H18F6N4O3. The fourth-order valence-corrected chi connectivity index (χ4v) is 2.61. The molecule has 0 radical (unpaired) electrons. The Morgan fingerprint density at radius 1 is 1.06 bits per heavy atom. The molecule has 13 heteroatoms. The molecule has 2 N–H and O–H groups in total. The quantitative estimate of drug-likeness (QED) is 0.535. The van der Waals surface area contributed by atoms with E-state index in [0.29, 0.717) is 31.3 Å². The van der Waals surface area contributed by atoms with Gasteiger partial charge in [-0.25, -0.2) is 14.8 Å². The maximum atomic E-state index is 13.1. The molecular weight excluding hydrogens is 446 g/mol. The molecule has 1 aliphatic heterocycles. The average Bonchev–Trinajstić information content (AvgIpc) is 3.20. The van der Waals surface area contributed by atoms with Crippen LogP contribution < -0.4 is 15.0 Å². The van der Waals surface area contributed by atoms with Gasteiger partial charge in [0.25, 0.3) is 0 Å². The van der Waals surface area contributed by atoms with Crippen molar-refractivity contribution >= 4 is 12.0 Å². The minimum absolute atomic E-state index is 0.0361. The Labute approximate surface area is 179 Å².